The third kappa shape index (κ3) is 2.73. The van der Waals surface area contributed by atoms with Gasteiger partial charge in [-0.25, -0.2) is 9.97 Å². The van der Waals surface area contributed by atoms with E-state index in [9.17, 15) is 0 Å². The Labute approximate surface area is 134 Å². The van der Waals surface area contributed by atoms with Crippen LogP contribution in [0.3, 0.4) is 0 Å². The van der Waals surface area contributed by atoms with Gasteiger partial charge in [0.1, 0.15) is 6.33 Å². The van der Waals surface area contributed by atoms with Gasteiger partial charge in [-0.1, -0.05) is 35.5 Å². The van der Waals surface area contributed by atoms with Gasteiger partial charge in [0.15, 0.2) is 0 Å². The van der Waals surface area contributed by atoms with Gasteiger partial charge in [0.25, 0.3) is 0 Å². The van der Waals surface area contributed by atoms with E-state index >= 15 is 0 Å². The highest BCUT2D eigenvalue weighted by molar-refractivity contribution is 5.53. The van der Waals surface area contributed by atoms with E-state index in [4.69, 9.17) is 4.52 Å². The predicted molar refractivity (Wildman–Crippen MR) is 84.3 cm³/mol. The second-order valence-electron chi connectivity index (χ2n) is 5.71. The third-order valence-corrected chi connectivity index (χ3v) is 4.28. The molecule has 23 heavy (non-hydrogen) atoms. The lowest BCUT2D eigenvalue weighted by atomic mass is 10.1. The van der Waals surface area contributed by atoms with Crippen molar-refractivity contribution < 1.29 is 4.52 Å². The molecule has 4 rings (SSSR count). The van der Waals surface area contributed by atoms with Crippen molar-refractivity contribution in [2.45, 2.75) is 25.9 Å². The Balaban J connectivity index is 1.54. The molecule has 0 saturated heterocycles. The molecule has 0 radical (unpaired) electrons. The Bertz CT molecular complexity index is 802. The average molecular weight is 307 g/mol. The van der Waals surface area contributed by atoms with Crippen LogP contribution in [0.1, 0.15) is 30.1 Å². The molecule has 1 atom stereocenters. The Morgan fingerprint density at radius 3 is 2.96 bits per heavy atom. The zero-order valence-electron chi connectivity index (χ0n) is 12.9. The van der Waals surface area contributed by atoms with Gasteiger partial charge in [-0.3, -0.25) is 4.90 Å². The number of hydrogen-bond donors (Lipinski definition) is 0. The van der Waals surface area contributed by atoms with Crippen LogP contribution in [0.5, 0.6) is 0 Å². The number of nitrogens with zero attached hydrogens (tertiary/aromatic N) is 5. The van der Waals surface area contributed by atoms with Crippen LogP contribution in [0.2, 0.25) is 0 Å². The molecule has 0 spiro atoms. The minimum absolute atomic E-state index is 0.0584. The number of aromatic nitrogens is 4. The third-order valence-electron chi connectivity index (χ3n) is 4.28. The number of fused-ring (bicyclic) bond motifs is 1. The fraction of sp³-hybridized carbons (Fsp3) is 0.294. The van der Waals surface area contributed by atoms with Gasteiger partial charge in [-0.2, -0.15) is 4.98 Å². The van der Waals surface area contributed by atoms with E-state index in [1.54, 1.807) is 6.33 Å². The molecule has 0 bridgehead atoms. The van der Waals surface area contributed by atoms with Gasteiger partial charge in [0, 0.05) is 24.8 Å². The number of rotatable bonds is 3. The summed E-state index contributed by atoms with van der Waals surface area (Å²) in [6.07, 6.45) is 4.46. The van der Waals surface area contributed by atoms with E-state index in [1.165, 1.54) is 5.56 Å². The molecule has 0 N–H and O–H groups in total. The van der Waals surface area contributed by atoms with Crippen molar-refractivity contribution in [2.24, 2.45) is 0 Å². The second kappa shape index (κ2) is 5.89. The Kier molecular flexibility index (Phi) is 3.59. The lowest BCUT2D eigenvalue weighted by Gasteiger charge is -2.30. The monoisotopic (exact) mass is 307 g/mol. The topological polar surface area (TPSA) is 67.9 Å². The lowest BCUT2D eigenvalue weighted by molar-refractivity contribution is 0.155. The summed E-state index contributed by atoms with van der Waals surface area (Å²) in [4.78, 5) is 15.3. The van der Waals surface area contributed by atoms with Crippen molar-refractivity contribution in [1.82, 2.24) is 25.0 Å². The van der Waals surface area contributed by atoms with Gasteiger partial charge in [0.05, 0.1) is 11.7 Å². The predicted octanol–water partition coefficient (Wildman–Crippen LogP) is 2.65. The van der Waals surface area contributed by atoms with Gasteiger partial charge in [-0.15, -0.1) is 0 Å². The Morgan fingerprint density at radius 2 is 2.09 bits per heavy atom. The summed E-state index contributed by atoms with van der Waals surface area (Å²) in [5.41, 5.74) is 3.28. The van der Waals surface area contributed by atoms with Gasteiger partial charge in [-0.05, 0) is 18.9 Å². The minimum Gasteiger partial charge on any atom is -0.337 e. The van der Waals surface area contributed by atoms with Crippen LogP contribution >= 0.6 is 0 Å². The molecule has 0 amide bonds. The van der Waals surface area contributed by atoms with Gasteiger partial charge in [0.2, 0.25) is 11.7 Å². The molecule has 3 aromatic rings. The molecule has 1 aromatic carbocycles. The molecular formula is C17H17N5O. The van der Waals surface area contributed by atoms with Crippen molar-refractivity contribution in [3.63, 3.8) is 0 Å². The zero-order chi connectivity index (χ0) is 15.6. The average Bonchev–Trinajstić information content (AvgIpc) is 3.11. The van der Waals surface area contributed by atoms with Crippen LogP contribution < -0.4 is 0 Å². The first-order chi connectivity index (χ1) is 11.3. The summed E-state index contributed by atoms with van der Waals surface area (Å²) in [6.45, 7) is 3.81. The molecule has 6 nitrogen and oxygen atoms in total. The van der Waals surface area contributed by atoms with Gasteiger partial charge < -0.3 is 4.52 Å². The van der Waals surface area contributed by atoms with Crippen molar-refractivity contribution in [3.8, 4) is 11.4 Å². The van der Waals surface area contributed by atoms with Crippen LogP contribution in [0.4, 0.5) is 0 Å². The normalized spacial score (nSPS) is 16.0. The van der Waals surface area contributed by atoms with Crippen LogP contribution in [0.25, 0.3) is 11.4 Å². The molecule has 0 aliphatic carbocycles. The van der Waals surface area contributed by atoms with E-state index < -0.39 is 0 Å². The standard InChI is InChI=1S/C17H17N5O/c1-12(22-8-7-14-9-18-11-19-15(14)10-22)17-20-16(21-23-17)13-5-3-2-4-6-13/h2-6,9,11-12H,7-8,10H2,1H3. The summed E-state index contributed by atoms with van der Waals surface area (Å²) < 4.78 is 5.49. The molecule has 0 saturated carbocycles. The van der Waals surface area contributed by atoms with Crippen molar-refractivity contribution in [3.05, 3.63) is 60.0 Å². The van der Waals surface area contributed by atoms with Crippen LogP contribution in [-0.2, 0) is 13.0 Å². The fourth-order valence-corrected chi connectivity index (χ4v) is 2.87. The van der Waals surface area contributed by atoms with E-state index in [0.717, 1.165) is 30.8 Å². The fourth-order valence-electron chi connectivity index (χ4n) is 2.87. The zero-order valence-corrected chi connectivity index (χ0v) is 12.9. The Morgan fingerprint density at radius 1 is 1.22 bits per heavy atom. The number of hydrogen-bond acceptors (Lipinski definition) is 6. The van der Waals surface area contributed by atoms with E-state index in [1.807, 2.05) is 36.5 Å². The highest BCUT2D eigenvalue weighted by Gasteiger charge is 2.26. The van der Waals surface area contributed by atoms with Crippen molar-refractivity contribution in [1.29, 1.82) is 0 Å². The Hall–Kier alpha value is -2.60. The molecule has 1 unspecified atom stereocenters. The summed E-state index contributed by atoms with van der Waals surface area (Å²) in [5, 5.41) is 4.11. The highest BCUT2D eigenvalue weighted by atomic mass is 16.5. The SMILES string of the molecule is CC(c1nc(-c2ccccc2)no1)N1CCc2cncnc2C1. The molecular weight excluding hydrogens is 290 g/mol. The minimum atomic E-state index is 0.0584. The number of benzene rings is 1. The molecule has 6 heteroatoms. The maximum atomic E-state index is 5.49. The molecule has 1 aliphatic rings. The van der Waals surface area contributed by atoms with Crippen LogP contribution in [-0.4, -0.2) is 31.6 Å². The highest BCUT2D eigenvalue weighted by Crippen LogP contribution is 2.26. The first-order valence-corrected chi connectivity index (χ1v) is 7.72. The summed E-state index contributed by atoms with van der Waals surface area (Å²) in [6, 6.07) is 9.93. The maximum absolute atomic E-state index is 5.49. The van der Waals surface area contributed by atoms with Crippen molar-refractivity contribution in [2.75, 3.05) is 6.54 Å². The molecule has 2 aromatic heterocycles. The summed E-state index contributed by atoms with van der Waals surface area (Å²) >= 11 is 0. The maximum Gasteiger partial charge on any atom is 0.244 e. The summed E-state index contributed by atoms with van der Waals surface area (Å²) in [5.74, 6) is 1.27. The van der Waals surface area contributed by atoms with Gasteiger partial charge >= 0.3 is 0 Å². The quantitative estimate of drug-likeness (QED) is 0.741. The first kappa shape index (κ1) is 14.0. The smallest absolute Gasteiger partial charge is 0.244 e. The molecule has 0 fully saturated rings. The molecule has 116 valence electrons. The molecule has 3 heterocycles. The van der Waals surface area contributed by atoms with Crippen LogP contribution in [0.15, 0.2) is 47.4 Å². The van der Waals surface area contributed by atoms with E-state index in [0.29, 0.717) is 11.7 Å². The second-order valence-corrected chi connectivity index (χ2v) is 5.71. The van der Waals surface area contributed by atoms with Crippen molar-refractivity contribution >= 4 is 0 Å². The van der Waals surface area contributed by atoms with E-state index in [-0.39, 0.29) is 6.04 Å². The first-order valence-electron chi connectivity index (χ1n) is 7.72. The lowest BCUT2D eigenvalue weighted by Crippen LogP contribution is -2.33. The largest absolute Gasteiger partial charge is 0.337 e. The van der Waals surface area contributed by atoms with Crippen LogP contribution in [0, 0.1) is 0 Å². The molecule has 1 aliphatic heterocycles. The summed E-state index contributed by atoms with van der Waals surface area (Å²) in [7, 11) is 0. The van der Waals surface area contributed by atoms with E-state index in [2.05, 4.69) is 31.9 Å².